The lowest BCUT2D eigenvalue weighted by Crippen LogP contribution is -2.11. The van der Waals surface area contributed by atoms with Crippen LogP contribution in [0, 0.1) is 0 Å². The summed E-state index contributed by atoms with van der Waals surface area (Å²) in [6.45, 7) is 0. The van der Waals surface area contributed by atoms with Gasteiger partial charge in [0.05, 0.1) is 5.69 Å². The van der Waals surface area contributed by atoms with E-state index in [1.54, 1.807) is 0 Å². The van der Waals surface area contributed by atoms with Gasteiger partial charge in [-0.15, -0.1) is 0 Å². The molecule has 1 aliphatic carbocycles. The van der Waals surface area contributed by atoms with Gasteiger partial charge >= 0.3 is 0 Å². The number of anilines is 1. The predicted molar refractivity (Wildman–Crippen MR) is 65.3 cm³/mol. The molecule has 0 unspecified atom stereocenters. The van der Waals surface area contributed by atoms with E-state index >= 15 is 0 Å². The maximum atomic E-state index is 5.86. The molecule has 0 amide bonds. The van der Waals surface area contributed by atoms with Gasteiger partial charge in [-0.3, -0.25) is 0 Å². The number of nitrogen functional groups attached to an aromatic ring is 1. The van der Waals surface area contributed by atoms with Crippen molar-refractivity contribution in [3.05, 3.63) is 29.1 Å². The molecule has 0 bridgehead atoms. The van der Waals surface area contributed by atoms with Crippen molar-refractivity contribution in [2.75, 3.05) is 5.73 Å². The highest BCUT2D eigenvalue weighted by atomic mass is 16.6. The Hall–Kier alpha value is -2.44. The molecule has 7 heteroatoms. The third kappa shape index (κ3) is 1.44. The van der Waals surface area contributed by atoms with Gasteiger partial charge in [0, 0.05) is 5.92 Å². The summed E-state index contributed by atoms with van der Waals surface area (Å²) in [5.74, 6) is 0.116. The van der Waals surface area contributed by atoms with Crippen molar-refractivity contribution in [1.82, 2.24) is 20.6 Å². The van der Waals surface area contributed by atoms with Gasteiger partial charge in [0.1, 0.15) is 16.9 Å². The largest absolute Gasteiger partial charge is 0.397 e. The van der Waals surface area contributed by atoms with Gasteiger partial charge in [-0.1, -0.05) is 16.4 Å². The molecule has 0 saturated carbocycles. The SMILES string of the molecule is Nc1ccc([C@H]2CCCc3nonc32)c2nonc12. The van der Waals surface area contributed by atoms with E-state index in [1.165, 1.54) is 0 Å². The van der Waals surface area contributed by atoms with E-state index in [1.807, 2.05) is 12.1 Å². The molecule has 2 N–H and O–H groups in total. The summed E-state index contributed by atoms with van der Waals surface area (Å²) in [5, 5.41) is 15.8. The summed E-state index contributed by atoms with van der Waals surface area (Å²) in [6.07, 6.45) is 2.93. The van der Waals surface area contributed by atoms with E-state index in [0.29, 0.717) is 16.7 Å². The molecule has 4 rings (SSSR count). The highest BCUT2D eigenvalue weighted by Crippen LogP contribution is 2.38. The molecule has 1 aliphatic rings. The topological polar surface area (TPSA) is 104 Å². The molecule has 3 aromatic rings. The number of benzene rings is 1. The van der Waals surface area contributed by atoms with E-state index < -0.39 is 0 Å². The number of rotatable bonds is 1. The van der Waals surface area contributed by atoms with Gasteiger partial charge in [-0.25, -0.2) is 9.26 Å². The lowest BCUT2D eigenvalue weighted by molar-refractivity contribution is 0.300. The van der Waals surface area contributed by atoms with Crippen LogP contribution in [0.4, 0.5) is 5.69 Å². The van der Waals surface area contributed by atoms with Crippen LogP contribution in [0.15, 0.2) is 21.4 Å². The molecule has 0 saturated heterocycles. The summed E-state index contributed by atoms with van der Waals surface area (Å²) in [6, 6.07) is 3.78. The van der Waals surface area contributed by atoms with Gasteiger partial charge < -0.3 is 5.73 Å². The number of nitrogens with zero attached hydrogens (tertiary/aromatic N) is 4. The van der Waals surface area contributed by atoms with Crippen LogP contribution in [0.2, 0.25) is 0 Å². The summed E-state index contributed by atoms with van der Waals surface area (Å²) >= 11 is 0. The molecular formula is C12H11N5O2. The van der Waals surface area contributed by atoms with E-state index in [4.69, 9.17) is 15.0 Å². The summed E-state index contributed by atoms with van der Waals surface area (Å²) < 4.78 is 9.66. The molecular weight excluding hydrogens is 246 g/mol. The minimum absolute atomic E-state index is 0.116. The monoisotopic (exact) mass is 257 g/mol. The molecule has 19 heavy (non-hydrogen) atoms. The Labute approximate surface area is 107 Å². The summed E-state index contributed by atoms with van der Waals surface area (Å²) in [4.78, 5) is 0. The molecule has 2 aromatic heterocycles. The smallest absolute Gasteiger partial charge is 0.158 e. The van der Waals surface area contributed by atoms with Crippen molar-refractivity contribution in [3.8, 4) is 0 Å². The third-order valence-electron chi connectivity index (χ3n) is 3.68. The molecule has 2 heterocycles. The second-order valence-corrected chi connectivity index (χ2v) is 4.75. The number of aryl methyl sites for hydroxylation is 1. The normalized spacial score (nSPS) is 18.6. The van der Waals surface area contributed by atoms with Gasteiger partial charge in [0.25, 0.3) is 0 Å². The Morgan fingerprint density at radius 3 is 2.84 bits per heavy atom. The molecule has 7 nitrogen and oxygen atoms in total. The van der Waals surface area contributed by atoms with E-state index in [2.05, 4.69) is 20.6 Å². The molecule has 96 valence electrons. The zero-order chi connectivity index (χ0) is 12.8. The van der Waals surface area contributed by atoms with Gasteiger partial charge in [-0.05, 0) is 41.2 Å². The second-order valence-electron chi connectivity index (χ2n) is 4.75. The zero-order valence-corrected chi connectivity index (χ0v) is 10.0. The van der Waals surface area contributed by atoms with Crippen molar-refractivity contribution in [1.29, 1.82) is 0 Å². The van der Waals surface area contributed by atoms with Gasteiger partial charge in [-0.2, -0.15) is 0 Å². The maximum Gasteiger partial charge on any atom is 0.158 e. The molecule has 0 aliphatic heterocycles. The minimum atomic E-state index is 0.116. The first-order valence-electron chi connectivity index (χ1n) is 6.16. The Balaban J connectivity index is 1.93. The quantitative estimate of drug-likeness (QED) is 0.661. The Kier molecular flexibility index (Phi) is 2.08. The van der Waals surface area contributed by atoms with Crippen LogP contribution in [-0.4, -0.2) is 20.6 Å². The van der Waals surface area contributed by atoms with E-state index in [-0.39, 0.29) is 5.92 Å². The van der Waals surface area contributed by atoms with Crippen LogP contribution in [0.1, 0.15) is 35.7 Å². The molecule has 0 spiro atoms. The van der Waals surface area contributed by atoms with Crippen LogP contribution >= 0.6 is 0 Å². The highest BCUT2D eigenvalue weighted by molar-refractivity contribution is 5.88. The van der Waals surface area contributed by atoms with Gasteiger partial charge in [0.2, 0.25) is 0 Å². The first kappa shape index (κ1) is 10.5. The Morgan fingerprint density at radius 1 is 1.05 bits per heavy atom. The fraction of sp³-hybridized carbons (Fsp3) is 0.333. The van der Waals surface area contributed by atoms with Crippen molar-refractivity contribution >= 4 is 16.7 Å². The van der Waals surface area contributed by atoms with Crippen molar-refractivity contribution in [3.63, 3.8) is 0 Å². The molecule has 1 atom stereocenters. The van der Waals surface area contributed by atoms with Crippen molar-refractivity contribution < 1.29 is 9.26 Å². The Bertz CT molecular complexity index is 748. The predicted octanol–water partition coefficient (Wildman–Crippen LogP) is 1.66. The zero-order valence-electron chi connectivity index (χ0n) is 10.0. The second kappa shape index (κ2) is 3.78. The standard InChI is InChI=1S/C12H11N5O2/c13-8-5-4-7(11-12(8)17-19-16-11)6-2-1-3-9-10(6)15-18-14-9/h4-6H,1-3,13H2/t6-/m1/s1. The summed E-state index contributed by atoms with van der Waals surface area (Å²) in [7, 11) is 0. The number of nitrogens with two attached hydrogens (primary N) is 1. The minimum Gasteiger partial charge on any atom is -0.397 e. The fourth-order valence-corrected chi connectivity index (χ4v) is 2.75. The first-order chi connectivity index (χ1) is 9.34. The first-order valence-corrected chi connectivity index (χ1v) is 6.16. The molecule has 1 aromatic carbocycles. The van der Waals surface area contributed by atoms with E-state index in [0.717, 1.165) is 36.2 Å². The number of fused-ring (bicyclic) bond motifs is 2. The average Bonchev–Trinajstić information content (AvgIpc) is 3.08. The molecule has 0 radical (unpaired) electrons. The number of hydrogen-bond acceptors (Lipinski definition) is 7. The lowest BCUT2D eigenvalue weighted by atomic mass is 9.84. The third-order valence-corrected chi connectivity index (χ3v) is 3.68. The fourth-order valence-electron chi connectivity index (χ4n) is 2.75. The highest BCUT2D eigenvalue weighted by Gasteiger charge is 2.29. The van der Waals surface area contributed by atoms with E-state index in [9.17, 15) is 0 Å². The van der Waals surface area contributed by atoms with Crippen LogP contribution in [-0.2, 0) is 6.42 Å². The van der Waals surface area contributed by atoms with Crippen molar-refractivity contribution in [2.24, 2.45) is 0 Å². The van der Waals surface area contributed by atoms with Crippen molar-refractivity contribution in [2.45, 2.75) is 25.2 Å². The van der Waals surface area contributed by atoms with Crippen LogP contribution < -0.4 is 5.73 Å². The number of aromatic nitrogens is 4. The van der Waals surface area contributed by atoms with Crippen LogP contribution in [0.25, 0.3) is 11.0 Å². The Morgan fingerprint density at radius 2 is 1.89 bits per heavy atom. The average molecular weight is 257 g/mol. The number of hydrogen-bond donors (Lipinski definition) is 1. The summed E-state index contributed by atoms with van der Waals surface area (Å²) in [5.41, 5.74) is 10.6. The van der Waals surface area contributed by atoms with Crippen LogP contribution in [0.5, 0.6) is 0 Å². The van der Waals surface area contributed by atoms with Gasteiger partial charge in [0.15, 0.2) is 5.52 Å². The van der Waals surface area contributed by atoms with Crippen LogP contribution in [0.3, 0.4) is 0 Å². The molecule has 0 fully saturated rings. The lowest BCUT2D eigenvalue weighted by Gasteiger charge is -2.19. The maximum absolute atomic E-state index is 5.86.